The number of carbonyl (C=O) groups excluding carboxylic acids is 1. The maximum atomic E-state index is 11.0. The molecule has 3 nitrogen and oxygen atoms in total. The molecule has 0 spiro atoms. The quantitative estimate of drug-likeness (QED) is 0.628. The summed E-state index contributed by atoms with van der Waals surface area (Å²) in [6, 6.07) is 0.203. The highest BCUT2D eigenvalue weighted by molar-refractivity contribution is 5.97. The summed E-state index contributed by atoms with van der Waals surface area (Å²) < 4.78 is 0. The van der Waals surface area contributed by atoms with Crippen molar-refractivity contribution in [2.45, 2.75) is 32.7 Å². The molecule has 0 fully saturated rings. The maximum absolute atomic E-state index is 11.0. The maximum Gasteiger partial charge on any atom is 0.182 e. The Bertz CT molecular complexity index is 206. The zero-order valence-electron chi connectivity index (χ0n) is 6.85. The minimum Gasteiger partial charge on any atom is -0.510 e. The third kappa shape index (κ3) is 1.73. The number of aliphatic hydroxyl groups is 1. The Balaban J connectivity index is 2.67. The van der Waals surface area contributed by atoms with E-state index in [-0.39, 0.29) is 17.6 Å². The predicted molar refractivity (Wildman–Crippen MR) is 42.2 cm³/mol. The first-order valence-electron chi connectivity index (χ1n) is 3.83. The van der Waals surface area contributed by atoms with Gasteiger partial charge in [0.1, 0.15) is 11.5 Å². The average Bonchev–Trinajstić information content (AvgIpc) is 2.18. The van der Waals surface area contributed by atoms with Gasteiger partial charge >= 0.3 is 0 Å². The molecule has 0 bridgehead atoms. The summed E-state index contributed by atoms with van der Waals surface area (Å²) in [5, 5.41) is 12.1. The van der Waals surface area contributed by atoms with E-state index < -0.39 is 0 Å². The van der Waals surface area contributed by atoms with Crippen molar-refractivity contribution in [3.05, 3.63) is 11.5 Å². The highest BCUT2D eigenvalue weighted by atomic mass is 16.3. The summed E-state index contributed by atoms with van der Waals surface area (Å²) in [5.41, 5.74) is 0.417. The number of Topliss-reactive ketones (excluding diaryl/α,β-unsaturated/α-hetero) is 1. The molecule has 0 aromatic heterocycles. The standard InChI is InChI=1S/C8H13NO2/c1-5(2)9-8-6(10)3-4-7(8)11/h5,9-10H,3-4H2,1-2H3. The van der Waals surface area contributed by atoms with Gasteiger partial charge in [0.25, 0.3) is 0 Å². The number of nitrogens with one attached hydrogen (secondary N) is 1. The molecule has 0 heterocycles. The monoisotopic (exact) mass is 155 g/mol. The van der Waals surface area contributed by atoms with E-state index in [4.69, 9.17) is 0 Å². The van der Waals surface area contributed by atoms with Crippen LogP contribution in [0, 0.1) is 0 Å². The molecule has 2 N–H and O–H groups in total. The molecule has 3 heteroatoms. The summed E-state index contributed by atoms with van der Waals surface area (Å²) >= 11 is 0. The Labute approximate surface area is 66.1 Å². The first-order valence-corrected chi connectivity index (χ1v) is 3.83. The van der Waals surface area contributed by atoms with Gasteiger partial charge in [-0.25, -0.2) is 0 Å². The van der Waals surface area contributed by atoms with Crippen LogP contribution in [-0.4, -0.2) is 16.9 Å². The second-order valence-electron chi connectivity index (χ2n) is 3.04. The van der Waals surface area contributed by atoms with Crippen LogP contribution in [0.5, 0.6) is 0 Å². The summed E-state index contributed by atoms with van der Waals surface area (Å²) in [7, 11) is 0. The Kier molecular flexibility index (Phi) is 2.17. The zero-order valence-corrected chi connectivity index (χ0v) is 6.85. The first-order chi connectivity index (χ1) is 5.11. The molecule has 0 radical (unpaired) electrons. The van der Waals surface area contributed by atoms with Gasteiger partial charge in [-0.2, -0.15) is 0 Å². The highest BCUT2D eigenvalue weighted by Crippen LogP contribution is 2.18. The van der Waals surface area contributed by atoms with Gasteiger partial charge in [-0.05, 0) is 13.8 Å². The molecule has 0 aromatic carbocycles. The van der Waals surface area contributed by atoms with Crippen LogP contribution in [0.15, 0.2) is 11.5 Å². The Morgan fingerprint density at radius 2 is 2.09 bits per heavy atom. The average molecular weight is 155 g/mol. The summed E-state index contributed by atoms with van der Waals surface area (Å²) in [5.74, 6) is 0.236. The molecular formula is C8H13NO2. The molecule has 0 unspecified atom stereocenters. The van der Waals surface area contributed by atoms with Gasteiger partial charge in [-0.1, -0.05) is 0 Å². The van der Waals surface area contributed by atoms with E-state index in [1.807, 2.05) is 13.8 Å². The molecule has 0 saturated carbocycles. The Morgan fingerprint density at radius 1 is 1.45 bits per heavy atom. The van der Waals surface area contributed by atoms with Crippen LogP contribution < -0.4 is 5.32 Å². The van der Waals surface area contributed by atoms with Gasteiger partial charge in [0.05, 0.1) is 0 Å². The summed E-state index contributed by atoms with van der Waals surface area (Å²) in [6.07, 6.45) is 0.939. The minimum absolute atomic E-state index is 0.0243. The van der Waals surface area contributed by atoms with Gasteiger partial charge < -0.3 is 10.4 Å². The van der Waals surface area contributed by atoms with E-state index in [0.29, 0.717) is 18.5 Å². The molecule has 0 saturated heterocycles. The van der Waals surface area contributed by atoms with E-state index >= 15 is 0 Å². The van der Waals surface area contributed by atoms with Crippen molar-refractivity contribution in [3.63, 3.8) is 0 Å². The van der Waals surface area contributed by atoms with E-state index in [1.165, 1.54) is 0 Å². The summed E-state index contributed by atoms with van der Waals surface area (Å²) in [4.78, 5) is 11.0. The molecular weight excluding hydrogens is 142 g/mol. The van der Waals surface area contributed by atoms with Gasteiger partial charge in [0, 0.05) is 18.9 Å². The molecule has 0 amide bonds. The lowest BCUT2D eigenvalue weighted by Crippen LogP contribution is -2.25. The number of carbonyl (C=O) groups is 1. The van der Waals surface area contributed by atoms with Gasteiger partial charge in [-0.15, -0.1) is 0 Å². The number of aliphatic hydroxyl groups excluding tert-OH is 1. The fraction of sp³-hybridized carbons (Fsp3) is 0.625. The van der Waals surface area contributed by atoms with Crippen molar-refractivity contribution in [1.82, 2.24) is 5.32 Å². The second-order valence-corrected chi connectivity index (χ2v) is 3.04. The number of hydrogen-bond donors (Lipinski definition) is 2. The zero-order chi connectivity index (χ0) is 8.43. The number of allylic oxidation sites excluding steroid dienone is 2. The van der Waals surface area contributed by atoms with Crippen LogP contribution in [0.25, 0.3) is 0 Å². The fourth-order valence-corrected chi connectivity index (χ4v) is 1.10. The van der Waals surface area contributed by atoms with Gasteiger partial charge in [0.15, 0.2) is 5.78 Å². The number of ketones is 1. The number of rotatable bonds is 2. The van der Waals surface area contributed by atoms with Crippen LogP contribution in [0.4, 0.5) is 0 Å². The third-order valence-electron chi connectivity index (χ3n) is 1.59. The van der Waals surface area contributed by atoms with Crippen molar-refractivity contribution in [2.24, 2.45) is 0 Å². The van der Waals surface area contributed by atoms with Crippen molar-refractivity contribution in [3.8, 4) is 0 Å². The lowest BCUT2D eigenvalue weighted by molar-refractivity contribution is -0.115. The summed E-state index contributed by atoms with van der Waals surface area (Å²) in [6.45, 7) is 3.87. The fourth-order valence-electron chi connectivity index (χ4n) is 1.10. The van der Waals surface area contributed by atoms with Crippen LogP contribution in [-0.2, 0) is 4.79 Å². The van der Waals surface area contributed by atoms with Crippen LogP contribution in [0.2, 0.25) is 0 Å². The molecule has 1 rings (SSSR count). The smallest absolute Gasteiger partial charge is 0.182 e. The molecule has 0 aliphatic heterocycles. The van der Waals surface area contributed by atoms with Crippen LogP contribution >= 0.6 is 0 Å². The minimum atomic E-state index is 0.0243. The Hall–Kier alpha value is -0.990. The molecule has 62 valence electrons. The van der Waals surface area contributed by atoms with Crippen molar-refractivity contribution in [2.75, 3.05) is 0 Å². The van der Waals surface area contributed by atoms with E-state index in [9.17, 15) is 9.90 Å². The predicted octanol–water partition coefficient (Wildman–Crippen LogP) is 1.12. The lowest BCUT2D eigenvalue weighted by Gasteiger charge is -2.09. The van der Waals surface area contributed by atoms with Crippen molar-refractivity contribution < 1.29 is 9.90 Å². The number of hydrogen-bond acceptors (Lipinski definition) is 3. The molecule has 1 aliphatic carbocycles. The van der Waals surface area contributed by atoms with Crippen molar-refractivity contribution in [1.29, 1.82) is 0 Å². The Morgan fingerprint density at radius 3 is 2.45 bits per heavy atom. The van der Waals surface area contributed by atoms with E-state index in [0.717, 1.165) is 0 Å². The second kappa shape index (κ2) is 2.95. The SMILES string of the molecule is CC(C)NC1=C(O)CCC1=O. The molecule has 11 heavy (non-hydrogen) atoms. The van der Waals surface area contributed by atoms with E-state index in [2.05, 4.69) is 5.32 Å². The lowest BCUT2D eigenvalue weighted by atomic mass is 10.3. The van der Waals surface area contributed by atoms with Gasteiger partial charge in [-0.3, -0.25) is 4.79 Å². The normalized spacial score (nSPS) is 18.3. The van der Waals surface area contributed by atoms with Crippen LogP contribution in [0.1, 0.15) is 26.7 Å². The van der Waals surface area contributed by atoms with Crippen LogP contribution in [0.3, 0.4) is 0 Å². The first kappa shape index (κ1) is 8.11. The molecule has 0 atom stereocenters. The highest BCUT2D eigenvalue weighted by Gasteiger charge is 2.22. The largest absolute Gasteiger partial charge is 0.510 e. The molecule has 0 aromatic rings. The third-order valence-corrected chi connectivity index (χ3v) is 1.59. The topological polar surface area (TPSA) is 49.3 Å². The van der Waals surface area contributed by atoms with Gasteiger partial charge in [0.2, 0.25) is 0 Å². The van der Waals surface area contributed by atoms with Crippen molar-refractivity contribution >= 4 is 5.78 Å². The van der Waals surface area contributed by atoms with E-state index in [1.54, 1.807) is 0 Å². The molecule has 1 aliphatic rings.